The number of imidazole rings is 1. The van der Waals surface area contributed by atoms with Crippen LogP contribution in [-0.4, -0.2) is 55.9 Å². The van der Waals surface area contributed by atoms with Crippen molar-refractivity contribution in [2.45, 2.75) is 32.9 Å². The van der Waals surface area contributed by atoms with E-state index in [9.17, 15) is 19.5 Å². The number of methoxy groups -OCH3 is 1. The largest absolute Gasteiger partial charge is 0.507 e. The van der Waals surface area contributed by atoms with E-state index < -0.39 is 23.7 Å². The smallest absolute Gasteiger partial charge is 0.354 e. The van der Waals surface area contributed by atoms with E-state index in [1.807, 2.05) is 35.0 Å². The molecule has 10 heteroatoms. The molecule has 3 heterocycles. The lowest BCUT2D eigenvalue weighted by atomic mass is 9.94. The minimum atomic E-state index is -0.787. The molecule has 0 radical (unpaired) electrons. The lowest BCUT2D eigenvalue weighted by Gasteiger charge is -2.25. The number of amides is 1. The van der Waals surface area contributed by atoms with E-state index in [1.165, 1.54) is 12.0 Å². The van der Waals surface area contributed by atoms with Crippen molar-refractivity contribution in [2.75, 3.05) is 13.7 Å². The summed E-state index contributed by atoms with van der Waals surface area (Å²) in [5.74, 6) is -2.36. The van der Waals surface area contributed by atoms with Gasteiger partial charge in [-0.3, -0.25) is 9.59 Å². The first-order valence-corrected chi connectivity index (χ1v) is 11.8. The van der Waals surface area contributed by atoms with Gasteiger partial charge in [-0.15, -0.1) is 0 Å². The Bertz CT molecular complexity index is 1330. The number of H-pyrrole nitrogens is 1. The number of ketones is 1. The van der Waals surface area contributed by atoms with Gasteiger partial charge in [0.05, 0.1) is 25.1 Å². The number of carbonyl (C=O) groups excluding carboxylic acids is 3. The average molecular weight is 541 g/mol. The molecule has 4 rings (SSSR count). The fraction of sp³-hybridized carbons (Fsp3) is 0.280. The van der Waals surface area contributed by atoms with Gasteiger partial charge in [0.15, 0.2) is 0 Å². The maximum absolute atomic E-state index is 13.3. The highest BCUT2D eigenvalue weighted by molar-refractivity contribution is 9.10. The second kappa shape index (κ2) is 9.91. The van der Waals surface area contributed by atoms with Crippen LogP contribution in [0.1, 0.15) is 45.3 Å². The third kappa shape index (κ3) is 4.53. The topological polar surface area (TPSA) is 118 Å². The predicted molar refractivity (Wildman–Crippen MR) is 132 cm³/mol. The van der Waals surface area contributed by atoms with Crippen molar-refractivity contribution < 1.29 is 24.2 Å². The molecule has 0 aliphatic carbocycles. The molecule has 0 spiro atoms. The number of aromatic amines is 1. The monoisotopic (exact) mass is 540 g/mol. The molecule has 1 saturated heterocycles. The zero-order valence-corrected chi connectivity index (χ0v) is 21.1. The number of esters is 1. The molecular formula is C25H25BrN4O5. The zero-order chi connectivity index (χ0) is 25.3. The predicted octanol–water partition coefficient (Wildman–Crippen LogP) is 3.89. The molecule has 2 N–H and O–H groups in total. The van der Waals surface area contributed by atoms with Crippen LogP contribution in [0.5, 0.6) is 0 Å². The summed E-state index contributed by atoms with van der Waals surface area (Å²) in [4.78, 5) is 47.0. The molecule has 1 aliphatic rings. The molecule has 35 heavy (non-hydrogen) atoms. The number of benzene rings is 1. The normalized spacial score (nSPS) is 17.3. The fourth-order valence-electron chi connectivity index (χ4n) is 4.52. The first kappa shape index (κ1) is 24.5. The Balaban J connectivity index is 1.80. The van der Waals surface area contributed by atoms with Crippen molar-refractivity contribution in [3.63, 3.8) is 0 Å². The number of ether oxygens (including phenoxy) is 1. The number of nitrogens with zero attached hydrogens (tertiary/aromatic N) is 3. The summed E-state index contributed by atoms with van der Waals surface area (Å²) in [5.41, 5.74) is 2.08. The lowest BCUT2D eigenvalue weighted by molar-refractivity contribution is -0.139. The Hall–Kier alpha value is -3.66. The summed E-state index contributed by atoms with van der Waals surface area (Å²) in [6.07, 6.45) is 5.78. The van der Waals surface area contributed by atoms with Gasteiger partial charge >= 0.3 is 5.97 Å². The number of likely N-dealkylation sites (tertiary alicyclic amines) is 1. The number of Topliss-reactive ketones (excluding diaryl/α,β-unsaturated/α-hetero) is 1. The second-order valence-corrected chi connectivity index (χ2v) is 9.23. The Kier molecular flexibility index (Phi) is 6.93. The first-order chi connectivity index (χ1) is 16.7. The highest BCUT2D eigenvalue weighted by Gasteiger charge is 2.46. The van der Waals surface area contributed by atoms with Gasteiger partial charge in [0, 0.05) is 41.2 Å². The maximum Gasteiger partial charge on any atom is 0.354 e. The Morgan fingerprint density at radius 1 is 1.26 bits per heavy atom. The minimum absolute atomic E-state index is 0.0163. The van der Waals surface area contributed by atoms with Gasteiger partial charge in [-0.2, -0.15) is 0 Å². The van der Waals surface area contributed by atoms with Crippen LogP contribution in [0.25, 0.3) is 5.76 Å². The minimum Gasteiger partial charge on any atom is -0.507 e. The number of aliphatic hydroxyl groups is 1. The highest BCUT2D eigenvalue weighted by atomic mass is 79.9. The number of hydrogen-bond donors (Lipinski definition) is 2. The van der Waals surface area contributed by atoms with Gasteiger partial charge in [0.2, 0.25) is 0 Å². The summed E-state index contributed by atoms with van der Waals surface area (Å²) in [7, 11) is 1.26. The Labute approximate surface area is 210 Å². The van der Waals surface area contributed by atoms with Crippen molar-refractivity contribution in [3.05, 3.63) is 81.1 Å². The summed E-state index contributed by atoms with van der Waals surface area (Å²) in [5, 5.41) is 11.4. The van der Waals surface area contributed by atoms with Gasteiger partial charge in [0.25, 0.3) is 11.7 Å². The van der Waals surface area contributed by atoms with Gasteiger partial charge in [-0.1, -0.05) is 28.1 Å². The maximum atomic E-state index is 13.3. The summed E-state index contributed by atoms with van der Waals surface area (Å²) in [6.45, 7) is 4.26. The summed E-state index contributed by atoms with van der Waals surface area (Å²) >= 11 is 3.46. The molecule has 2 aromatic heterocycles. The van der Waals surface area contributed by atoms with Crippen LogP contribution in [0.3, 0.4) is 0 Å². The molecule has 1 atom stereocenters. The quantitative estimate of drug-likeness (QED) is 0.203. The van der Waals surface area contributed by atoms with E-state index in [0.29, 0.717) is 41.9 Å². The van der Waals surface area contributed by atoms with Gasteiger partial charge in [-0.25, -0.2) is 9.78 Å². The molecule has 1 aromatic carbocycles. The number of aliphatic hydroxyl groups excluding tert-OH is 1. The number of hydrogen-bond acceptors (Lipinski definition) is 6. The number of aryl methyl sites for hydroxylation is 2. The third-order valence-electron chi connectivity index (χ3n) is 6.14. The van der Waals surface area contributed by atoms with Crippen molar-refractivity contribution in [1.82, 2.24) is 19.4 Å². The van der Waals surface area contributed by atoms with E-state index in [-0.39, 0.29) is 17.0 Å². The molecular weight excluding hydrogens is 516 g/mol. The summed E-state index contributed by atoms with van der Waals surface area (Å²) < 4.78 is 7.49. The zero-order valence-electron chi connectivity index (χ0n) is 19.5. The van der Waals surface area contributed by atoms with E-state index in [2.05, 4.69) is 25.9 Å². The highest BCUT2D eigenvalue weighted by Crippen LogP contribution is 2.41. The first-order valence-electron chi connectivity index (χ1n) is 11.0. The molecule has 0 saturated carbocycles. The Morgan fingerprint density at radius 3 is 2.69 bits per heavy atom. The van der Waals surface area contributed by atoms with Gasteiger partial charge in [0.1, 0.15) is 11.5 Å². The van der Waals surface area contributed by atoms with Crippen molar-refractivity contribution in [3.8, 4) is 0 Å². The van der Waals surface area contributed by atoms with Crippen LogP contribution < -0.4 is 0 Å². The number of nitrogens with one attached hydrogen (secondary N) is 1. The van der Waals surface area contributed by atoms with Crippen LogP contribution in [0, 0.1) is 13.8 Å². The fourth-order valence-corrected chi connectivity index (χ4v) is 4.94. The van der Waals surface area contributed by atoms with Crippen molar-refractivity contribution >= 4 is 39.3 Å². The molecule has 9 nitrogen and oxygen atoms in total. The van der Waals surface area contributed by atoms with Gasteiger partial charge in [-0.05, 0) is 43.5 Å². The summed E-state index contributed by atoms with van der Waals surface area (Å²) in [6, 6.07) is 6.51. The van der Waals surface area contributed by atoms with Crippen LogP contribution in [0.4, 0.5) is 0 Å². The molecule has 0 bridgehead atoms. The van der Waals surface area contributed by atoms with E-state index in [0.717, 1.165) is 4.47 Å². The number of aromatic nitrogens is 3. The molecule has 1 amide bonds. The number of carbonyl (C=O) groups is 3. The molecule has 1 aliphatic heterocycles. The number of halogens is 1. The van der Waals surface area contributed by atoms with Crippen LogP contribution >= 0.6 is 15.9 Å². The van der Waals surface area contributed by atoms with E-state index in [4.69, 9.17) is 4.74 Å². The van der Waals surface area contributed by atoms with Crippen molar-refractivity contribution in [1.29, 1.82) is 0 Å². The molecule has 0 unspecified atom stereocenters. The average Bonchev–Trinajstić information content (AvgIpc) is 3.52. The van der Waals surface area contributed by atoms with Crippen LogP contribution in [0.2, 0.25) is 0 Å². The molecule has 3 aromatic rings. The van der Waals surface area contributed by atoms with Crippen molar-refractivity contribution in [2.24, 2.45) is 0 Å². The lowest BCUT2D eigenvalue weighted by Crippen LogP contribution is -2.31. The number of rotatable bonds is 7. The Morgan fingerprint density at radius 2 is 2.03 bits per heavy atom. The molecule has 1 fully saturated rings. The van der Waals surface area contributed by atoms with E-state index in [1.54, 1.807) is 26.4 Å². The van der Waals surface area contributed by atoms with Gasteiger partial charge < -0.3 is 24.3 Å². The molecule has 182 valence electrons. The van der Waals surface area contributed by atoms with E-state index >= 15 is 0 Å². The second-order valence-electron chi connectivity index (χ2n) is 8.32. The van der Waals surface area contributed by atoms with Crippen LogP contribution in [0.15, 0.2) is 53.0 Å². The van der Waals surface area contributed by atoms with Crippen LogP contribution in [-0.2, 0) is 20.9 Å². The third-order valence-corrected chi connectivity index (χ3v) is 6.64. The SMILES string of the molecule is COC(=O)c1[nH]c(C)c(C(O)=C2C(=O)C(=O)N(CCCn3ccnc3)[C@@H]2c2cccc(Br)c2)c1C. The standard InChI is InChI=1S/C25H25BrN4O5/c1-14-18(15(2)28-20(14)25(34)35-3)22(31)19-21(16-6-4-7-17(26)12-16)30(24(33)23(19)32)10-5-9-29-11-8-27-13-29/h4,6-8,11-13,21,28,31H,5,9-10H2,1-3H3/t21-/m1/s1.